The largest absolute Gasteiger partial charge is 0.505 e. The number of phenols is 1. The Hall–Kier alpha value is -3.16. The molecule has 2 rings (SSSR count). The fourth-order valence-corrected chi connectivity index (χ4v) is 1.81. The van der Waals surface area contributed by atoms with Gasteiger partial charge in [-0.2, -0.15) is 0 Å². The molecule has 0 atom stereocenters. The van der Waals surface area contributed by atoms with Crippen LogP contribution in [0.25, 0.3) is 0 Å². The Labute approximate surface area is 118 Å². The van der Waals surface area contributed by atoms with Gasteiger partial charge in [-0.3, -0.25) is 15.0 Å². The fourth-order valence-electron chi connectivity index (χ4n) is 1.81. The van der Waals surface area contributed by atoms with Crippen molar-refractivity contribution in [3.05, 3.63) is 58.4 Å². The van der Waals surface area contributed by atoms with Gasteiger partial charge in [-0.25, -0.2) is 9.18 Å². The summed E-state index contributed by atoms with van der Waals surface area (Å²) in [6.45, 7) is 0. The molecule has 0 unspecified atom stereocenters. The zero-order valence-corrected chi connectivity index (χ0v) is 10.6. The fraction of sp³-hybridized carbons (Fsp3) is 0. The van der Waals surface area contributed by atoms with Crippen LogP contribution in [0.1, 0.15) is 0 Å². The summed E-state index contributed by atoms with van der Waals surface area (Å²) in [4.78, 5) is 22.2. The van der Waals surface area contributed by atoms with E-state index in [4.69, 9.17) is 5.73 Å². The Morgan fingerprint density at radius 1 is 1.24 bits per heavy atom. The van der Waals surface area contributed by atoms with Gasteiger partial charge in [-0.05, 0) is 18.2 Å². The first-order valence-electron chi connectivity index (χ1n) is 5.73. The number of rotatable bonds is 3. The highest BCUT2D eigenvalue weighted by atomic mass is 19.1. The van der Waals surface area contributed by atoms with Crippen LogP contribution < -0.4 is 10.6 Å². The first-order valence-corrected chi connectivity index (χ1v) is 5.73. The number of carbonyl (C=O) groups excluding carboxylic acids is 1. The Bertz CT molecular complexity index is 720. The lowest BCUT2D eigenvalue weighted by molar-refractivity contribution is -0.384. The minimum absolute atomic E-state index is 0.154. The number of nitro benzene ring substituents is 1. The van der Waals surface area contributed by atoms with E-state index in [-0.39, 0.29) is 17.1 Å². The Morgan fingerprint density at radius 2 is 1.90 bits per heavy atom. The third-order valence-corrected chi connectivity index (χ3v) is 2.72. The van der Waals surface area contributed by atoms with Crippen molar-refractivity contribution < 1.29 is 19.2 Å². The number of benzene rings is 2. The number of anilines is 2. The van der Waals surface area contributed by atoms with Crippen molar-refractivity contribution in [1.82, 2.24) is 0 Å². The number of primary amides is 1. The summed E-state index contributed by atoms with van der Waals surface area (Å²) in [6, 6.07) is 7.33. The predicted octanol–water partition coefficient (Wildman–Crippen LogP) is 2.66. The van der Waals surface area contributed by atoms with Gasteiger partial charge in [0.25, 0.3) is 5.69 Å². The number of urea groups is 1. The summed E-state index contributed by atoms with van der Waals surface area (Å²) in [5, 5.41) is 20.5. The third-order valence-electron chi connectivity index (χ3n) is 2.72. The Morgan fingerprint density at radius 3 is 2.43 bits per heavy atom. The maximum absolute atomic E-state index is 13.8. The molecule has 2 amide bonds. The normalized spacial score (nSPS) is 10.1. The molecular formula is C13H10FN3O4. The average Bonchev–Trinajstić information content (AvgIpc) is 2.42. The van der Waals surface area contributed by atoms with Crippen LogP contribution in [0.5, 0.6) is 5.75 Å². The van der Waals surface area contributed by atoms with Gasteiger partial charge in [-0.15, -0.1) is 0 Å². The molecule has 0 spiro atoms. The molecule has 0 bridgehead atoms. The summed E-state index contributed by atoms with van der Waals surface area (Å²) < 4.78 is 13.8. The van der Waals surface area contributed by atoms with E-state index in [1.807, 2.05) is 0 Å². The molecule has 0 aliphatic heterocycles. The second-order valence-electron chi connectivity index (χ2n) is 4.06. The highest BCUT2D eigenvalue weighted by Crippen LogP contribution is 2.36. The smallest absolute Gasteiger partial charge is 0.324 e. The van der Waals surface area contributed by atoms with E-state index < -0.39 is 22.5 Å². The van der Waals surface area contributed by atoms with E-state index in [2.05, 4.69) is 0 Å². The molecule has 2 aromatic rings. The number of nitro groups is 1. The molecule has 21 heavy (non-hydrogen) atoms. The molecule has 0 aliphatic rings. The zero-order chi connectivity index (χ0) is 15.6. The number of phenolic OH excluding ortho intramolecular Hbond substituents is 1. The molecule has 0 saturated heterocycles. The SMILES string of the molecule is NC(=O)N(c1ccc([N+](=O)[O-])cc1O)c1ccccc1F. The summed E-state index contributed by atoms with van der Waals surface area (Å²) in [6.07, 6.45) is 0. The third kappa shape index (κ3) is 2.73. The summed E-state index contributed by atoms with van der Waals surface area (Å²) >= 11 is 0. The van der Waals surface area contributed by atoms with Crippen LogP contribution in [0.2, 0.25) is 0 Å². The molecular weight excluding hydrogens is 281 g/mol. The molecule has 0 heterocycles. The molecule has 108 valence electrons. The zero-order valence-electron chi connectivity index (χ0n) is 10.6. The van der Waals surface area contributed by atoms with Gasteiger partial charge in [0.05, 0.1) is 22.4 Å². The number of hydrogen-bond acceptors (Lipinski definition) is 4. The van der Waals surface area contributed by atoms with Crippen LogP contribution in [-0.4, -0.2) is 16.1 Å². The van der Waals surface area contributed by atoms with Crippen molar-refractivity contribution in [2.24, 2.45) is 5.73 Å². The molecule has 0 saturated carbocycles. The number of nitrogens with zero attached hydrogens (tertiary/aromatic N) is 2. The van der Waals surface area contributed by atoms with Crippen molar-refractivity contribution in [1.29, 1.82) is 0 Å². The highest BCUT2D eigenvalue weighted by Gasteiger charge is 2.23. The van der Waals surface area contributed by atoms with E-state index in [1.54, 1.807) is 0 Å². The van der Waals surface area contributed by atoms with Crippen LogP contribution >= 0.6 is 0 Å². The molecule has 0 fully saturated rings. The summed E-state index contributed by atoms with van der Waals surface area (Å²) in [5.74, 6) is -1.29. The van der Waals surface area contributed by atoms with Gasteiger partial charge >= 0.3 is 6.03 Å². The molecule has 0 aromatic heterocycles. The second kappa shape index (κ2) is 5.45. The van der Waals surface area contributed by atoms with E-state index in [0.717, 1.165) is 29.2 Å². The lowest BCUT2D eigenvalue weighted by atomic mass is 10.2. The minimum Gasteiger partial charge on any atom is -0.505 e. The highest BCUT2D eigenvalue weighted by molar-refractivity contribution is 6.00. The molecule has 0 aliphatic carbocycles. The molecule has 3 N–H and O–H groups in total. The quantitative estimate of drug-likeness (QED) is 0.669. The molecule has 8 heteroatoms. The van der Waals surface area contributed by atoms with Gasteiger partial charge < -0.3 is 10.8 Å². The molecule has 2 aromatic carbocycles. The van der Waals surface area contributed by atoms with Crippen molar-refractivity contribution in [3.8, 4) is 5.75 Å². The number of aromatic hydroxyl groups is 1. The lowest BCUT2D eigenvalue weighted by Crippen LogP contribution is -2.32. The summed E-state index contributed by atoms with van der Waals surface area (Å²) in [7, 11) is 0. The van der Waals surface area contributed by atoms with Crippen molar-refractivity contribution in [2.75, 3.05) is 4.90 Å². The van der Waals surface area contributed by atoms with Crippen LogP contribution in [0.4, 0.5) is 26.2 Å². The number of amides is 2. The van der Waals surface area contributed by atoms with Gasteiger partial charge in [0.15, 0.2) is 0 Å². The topological polar surface area (TPSA) is 110 Å². The minimum atomic E-state index is -1.04. The van der Waals surface area contributed by atoms with Gasteiger partial charge in [0.1, 0.15) is 11.6 Å². The number of carbonyl (C=O) groups is 1. The average molecular weight is 291 g/mol. The lowest BCUT2D eigenvalue weighted by Gasteiger charge is -2.21. The van der Waals surface area contributed by atoms with Gasteiger partial charge in [-0.1, -0.05) is 12.1 Å². The van der Waals surface area contributed by atoms with E-state index >= 15 is 0 Å². The number of para-hydroxylation sites is 1. The Kier molecular flexibility index (Phi) is 3.70. The maximum Gasteiger partial charge on any atom is 0.324 e. The number of halogens is 1. The Balaban J connectivity index is 2.57. The van der Waals surface area contributed by atoms with Crippen molar-refractivity contribution >= 4 is 23.1 Å². The van der Waals surface area contributed by atoms with Crippen LogP contribution in [0.3, 0.4) is 0 Å². The van der Waals surface area contributed by atoms with Crippen molar-refractivity contribution in [2.45, 2.75) is 0 Å². The van der Waals surface area contributed by atoms with Gasteiger partial charge in [0, 0.05) is 6.07 Å². The first kappa shape index (κ1) is 14.3. The maximum atomic E-state index is 13.8. The van der Waals surface area contributed by atoms with Gasteiger partial charge in [0.2, 0.25) is 0 Å². The summed E-state index contributed by atoms with van der Waals surface area (Å²) in [5.41, 5.74) is 4.52. The number of non-ortho nitro benzene ring substituents is 1. The monoisotopic (exact) mass is 291 g/mol. The van der Waals surface area contributed by atoms with Crippen LogP contribution in [0.15, 0.2) is 42.5 Å². The predicted molar refractivity (Wildman–Crippen MR) is 72.9 cm³/mol. The van der Waals surface area contributed by atoms with E-state index in [9.17, 15) is 24.4 Å². The number of hydrogen-bond donors (Lipinski definition) is 2. The number of nitrogens with two attached hydrogens (primary N) is 1. The van der Waals surface area contributed by atoms with Crippen LogP contribution in [-0.2, 0) is 0 Å². The van der Waals surface area contributed by atoms with E-state index in [0.29, 0.717) is 0 Å². The standard InChI is InChI=1S/C13H10FN3O4/c14-9-3-1-2-4-10(9)16(13(15)19)11-6-5-8(17(20)21)7-12(11)18/h1-7,18H,(H2,15,19). The second-order valence-corrected chi connectivity index (χ2v) is 4.06. The first-order chi connectivity index (χ1) is 9.91. The van der Waals surface area contributed by atoms with Crippen LogP contribution in [0, 0.1) is 15.9 Å². The molecule has 7 nitrogen and oxygen atoms in total. The molecule has 0 radical (unpaired) electrons. The van der Waals surface area contributed by atoms with Crippen molar-refractivity contribution in [3.63, 3.8) is 0 Å². The van der Waals surface area contributed by atoms with E-state index in [1.165, 1.54) is 18.2 Å².